The van der Waals surface area contributed by atoms with Crippen LogP contribution in [-0.2, 0) is 23.7 Å². The van der Waals surface area contributed by atoms with Gasteiger partial charge in [0.15, 0.2) is 6.29 Å². The van der Waals surface area contributed by atoms with E-state index in [9.17, 15) is 25.2 Å². The maximum absolute atomic E-state index is 12.6. The smallest absolute Gasteiger partial charge is 0.306 e. The van der Waals surface area contributed by atoms with Crippen molar-refractivity contribution >= 4 is 5.97 Å². The average Bonchev–Trinajstić information content (AvgIpc) is 3.02. The number of carbonyl (C=O) groups excluding carboxylic acids is 1. The fourth-order valence-electron chi connectivity index (χ4n) is 5.06. The largest absolute Gasteiger partial charge is 0.457 e. The standard InChI is InChI=1S/C35H64O9/c1-3-5-7-9-11-13-14-15-16-17-18-20-22-24-31(37)43-29(27-41-25-23-21-19-12-10-8-6-4-2)28-42-35-34(40)33(39)32(38)30(26-36)44-35/h7,9,13-14,29-30,32-36,38-40H,3-6,8,10-12,15-28H2,1-2H3/b9-7-,14-13-. The van der Waals surface area contributed by atoms with E-state index >= 15 is 0 Å². The fourth-order valence-corrected chi connectivity index (χ4v) is 5.06. The molecule has 0 saturated carbocycles. The topological polar surface area (TPSA) is 135 Å². The van der Waals surface area contributed by atoms with E-state index in [4.69, 9.17) is 18.9 Å². The van der Waals surface area contributed by atoms with Crippen LogP contribution < -0.4 is 0 Å². The molecule has 0 aromatic heterocycles. The lowest BCUT2D eigenvalue weighted by molar-refractivity contribution is -0.305. The molecule has 4 N–H and O–H groups in total. The molecular formula is C35H64O9. The van der Waals surface area contributed by atoms with E-state index < -0.39 is 43.4 Å². The predicted octanol–water partition coefficient (Wildman–Crippen LogP) is 5.91. The quantitative estimate of drug-likeness (QED) is 0.0474. The van der Waals surface area contributed by atoms with Crippen LogP contribution in [-0.4, -0.2) is 89.6 Å². The van der Waals surface area contributed by atoms with Gasteiger partial charge in [0.1, 0.15) is 30.5 Å². The maximum Gasteiger partial charge on any atom is 0.306 e. The number of rotatable bonds is 28. The van der Waals surface area contributed by atoms with Crippen molar-refractivity contribution in [3.8, 4) is 0 Å². The molecule has 1 rings (SSSR count). The van der Waals surface area contributed by atoms with Gasteiger partial charge in [0.25, 0.3) is 0 Å². The lowest BCUT2D eigenvalue weighted by Crippen LogP contribution is -2.59. The molecule has 44 heavy (non-hydrogen) atoms. The molecule has 1 saturated heterocycles. The van der Waals surface area contributed by atoms with E-state index in [1.54, 1.807) is 0 Å². The Labute approximate surface area is 267 Å². The molecule has 0 bridgehead atoms. The first kappa shape index (κ1) is 40.7. The van der Waals surface area contributed by atoms with Crippen molar-refractivity contribution in [3.63, 3.8) is 0 Å². The van der Waals surface area contributed by atoms with Crippen LogP contribution in [0.1, 0.15) is 129 Å². The van der Waals surface area contributed by atoms with Gasteiger partial charge in [0.05, 0.1) is 19.8 Å². The van der Waals surface area contributed by atoms with Crippen molar-refractivity contribution in [3.05, 3.63) is 24.3 Å². The number of hydrogen-bond acceptors (Lipinski definition) is 9. The zero-order valence-corrected chi connectivity index (χ0v) is 27.7. The minimum absolute atomic E-state index is 0.117. The summed E-state index contributed by atoms with van der Waals surface area (Å²) in [6.45, 7) is 4.43. The summed E-state index contributed by atoms with van der Waals surface area (Å²) in [6, 6.07) is 0. The number of esters is 1. The Morgan fingerprint density at radius 3 is 2.05 bits per heavy atom. The molecule has 1 fully saturated rings. The Bertz CT molecular complexity index is 727. The van der Waals surface area contributed by atoms with E-state index in [-0.39, 0.29) is 19.2 Å². The Kier molecular flexibility index (Phi) is 25.8. The molecule has 258 valence electrons. The van der Waals surface area contributed by atoms with Gasteiger partial charge in [0.2, 0.25) is 0 Å². The van der Waals surface area contributed by atoms with Gasteiger partial charge in [-0.1, -0.05) is 109 Å². The molecular weight excluding hydrogens is 564 g/mol. The van der Waals surface area contributed by atoms with Crippen LogP contribution in [0.3, 0.4) is 0 Å². The number of aliphatic hydroxyl groups is 4. The third kappa shape index (κ3) is 19.9. The number of aliphatic hydroxyl groups excluding tert-OH is 4. The Morgan fingerprint density at radius 1 is 0.727 bits per heavy atom. The van der Waals surface area contributed by atoms with Crippen molar-refractivity contribution in [1.82, 2.24) is 0 Å². The highest BCUT2D eigenvalue weighted by atomic mass is 16.7. The highest BCUT2D eigenvalue weighted by molar-refractivity contribution is 5.69. The molecule has 9 nitrogen and oxygen atoms in total. The minimum Gasteiger partial charge on any atom is -0.457 e. The number of carbonyl (C=O) groups is 1. The second-order valence-electron chi connectivity index (χ2n) is 12.0. The molecule has 0 aliphatic carbocycles. The van der Waals surface area contributed by atoms with Crippen LogP contribution in [0, 0.1) is 0 Å². The molecule has 6 atom stereocenters. The molecule has 0 amide bonds. The summed E-state index contributed by atoms with van der Waals surface area (Å²) >= 11 is 0. The Hall–Kier alpha value is -1.33. The van der Waals surface area contributed by atoms with Gasteiger partial charge in [-0.15, -0.1) is 0 Å². The summed E-state index contributed by atoms with van der Waals surface area (Å²) in [5.74, 6) is -0.331. The highest BCUT2D eigenvalue weighted by Crippen LogP contribution is 2.22. The number of allylic oxidation sites excluding steroid dienone is 4. The van der Waals surface area contributed by atoms with Gasteiger partial charge < -0.3 is 39.4 Å². The predicted molar refractivity (Wildman–Crippen MR) is 173 cm³/mol. The minimum atomic E-state index is -1.53. The van der Waals surface area contributed by atoms with Crippen LogP contribution in [0.2, 0.25) is 0 Å². The van der Waals surface area contributed by atoms with Gasteiger partial charge in [-0.25, -0.2) is 0 Å². The first-order valence-electron chi connectivity index (χ1n) is 17.4. The third-order valence-corrected chi connectivity index (χ3v) is 7.85. The lowest BCUT2D eigenvalue weighted by atomic mass is 9.99. The van der Waals surface area contributed by atoms with E-state index in [2.05, 4.69) is 38.2 Å². The van der Waals surface area contributed by atoms with Crippen molar-refractivity contribution < 1.29 is 44.2 Å². The summed E-state index contributed by atoms with van der Waals surface area (Å²) in [4.78, 5) is 12.6. The lowest BCUT2D eigenvalue weighted by Gasteiger charge is -2.39. The fraction of sp³-hybridized carbons (Fsp3) is 0.857. The van der Waals surface area contributed by atoms with E-state index in [0.717, 1.165) is 64.2 Å². The summed E-state index contributed by atoms with van der Waals surface area (Å²) in [5, 5.41) is 39.8. The van der Waals surface area contributed by atoms with Crippen molar-refractivity contribution in [2.75, 3.05) is 26.4 Å². The second kappa shape index (κ2) is 27.9. The van der Waals surface area contributed by atoms with Crippen LogP contribution in [0.15, 0.2) is 24.3 Å². The summed E-state index contributed by atoms with van der Waals surface area (Å²) in [6.07, 6.45) is 20.6. The normalized spacial score (nSPS) is 23.1. The molecule has 0 spiro atoms. The summed E-state index contributed by atoms with van der Waals surface area (Å²) in [7, 11) is 0. The number of hydrogen-bond donors (Lipinski definition) is 4. The van der Waals surface area contributed by atoms with Gasteiger partial charge in [-0.2, -0.15) is 0 Å². The average molecular weight is 629 g/mol. The SMILES string of the molecule is CCC/C=C\C/C=C\CCCCCCCC(=O)OC(COCCCCCCCCCC)COC1OC(CO)C(O)C(O)C1O. The van der Waals surface area contributed by atoms with Crippen LogP contribution in [0.25, 0.3) is 0 Å². The van der Waals surface area contributed by atoms with Crippen LogP contribution in [0.5, 0.6) is 0 Å². The van der Waals surface area contributed by atoms with E-state index in [1.807, 2.05) is 0 Å². The van der Waals surface area contributed by atoms with Gasteiger partial charge in [0, 0.05) is 13.0 Å². The zero-order chi connectivity index (χ0) is 32.3. The summed E-state index contributed by atoms with van der Waals surface area (Å²) in [5.41, 5.74) is 0. The number of unbranched alkanes of at least 4 members (excludes halogenated alkanes) is 13. The van der Waals surface area contributed by atoms with Gasteiger partial charge >= 0.3 is 5.97 Å². The Morgan fingerprint density at radius 2 is 1.36 bits per heavy atom. The van der Waals surface area contributed by atoms with Crippen LogP contribution in [0.4, 0.5) is 0 Å². The molecule has 6 unspecified atom stereocenters. The van der Waals surface area contributed by atoms with E-state index in [0.29, 0.717) is 13.0 Å². The maximum atomic E-state index is 12.6. The molecule has 0 radical (unpaired) electrons. The van der Waals surface area contributed by atoms with Crippen molar-refractivity contribution in [1.29, 1.82) is 0 Å². The highest BCUT2D eigenvalue weighted by Gasteiger charge is 2.44. The van der Waals surface area contributed by atoms with Gasteiger partial charge in [-0.05, 0) is 38.5 Å². The second-order valence-corrected chi connectivity index (χ2v) is 12.0. The first-order valence-corrected chi connectivity index (χ1v) is 17.4. The molecule has 1 aliphatic rings. The molecule has 0 aromatic carbocycles. The molecule has 1 aliphatic heterocycles. The Balaban J connectivity index is 2.38. The van der Waals surface area contributed by atoms with Crippen molar-refractivity contribution in [2.45, 2.75) is 166 Å². The van der Waals surface area contributed by atoms with Crippen LogP contribution >= 0.6 is 0 Å². The summed E-state index contributed by atoms with van der Waals surface area (Å²) < 4.78 is 22.6. The third-order valence-electron chi connectivity index (χ3n) is 7.85. The monoisotopic (exact) mass is 628 g/mol. The first-order chi connectivity index (χ1) is 21.4. The zero-order valence-electron chi connectivity index (χ0n) is 27.7. The number of ether oxygens (including phenoxy) is 4. The molecule has 9 heteroatoms. The van der Waals surface area contributed by atoms with Gasteiger partial charge in [-0.3, -0.25) is 4.79 Å². The molecule has 0 aromatic rings. The van der Waals surface area contributed by atoms with E-state index in [1.165, 1.54) is 44.9 Å². The molecule has 1 heterocycles. The van der Waals surface area contributed by atoms with Crippen molar-refractivity contribution in [2.24, 2.45) is 0 Å².